The van der Waals surface area contributed by atoms with Gasteiger partial charge in [-0.2, -0.15) is 0 Å². The summed E-state index contributed by atoms with van der Waals surface area (Å²) in [4.78, 5) is 40.7. The molecule has 7 nitrogen and oxygen atoms in total. The maximum atomic E-state index is 12.8. The Kier molecular flexibility index (Phi) is 3.86. The molecule has 0 bridgehead atoms. The van der Waals surface area contributed by atoms with Crippen LogP contribution in [-0.4, -0.2) is 52.4 Å². The second-order valence-electron chi connectivity index (χ2n) is 6.81. The van der Waals surface area contributed by atoms with Crippen molar-refractivity contribution in [1.82, 2.24) is 14.4 Å². The van der Waals surface area contributed by atoms with E-state index in [0.29, 0.717) is 37.3 Å². The lowest BCUT2D eigenvalue weighted by Crippen LogP contribution is -2.52. The molecule has 1 saturated carbocycles. The SMILES string of the molecule is C[C@@H](C(=O)N1CCN(C(=O)C2CC2)CC1)n1c(=O)oc2ccccc21. The summed E-state index contributed by atoms with van der Waals surface area (Å²) in [6, 6.07) is 6.45. The van der Waals surface area contributed by atoms with Crippen molar-refractivity contribution in [2.24, 2.45) is 5.92 Å². The van der Waals surface area contributed by atoms with Crippen molar-refractivity contribution in [2.75, 3.05) is 26.2 Å². The minimum Gasteiger partial charge on any atom is -0.408 e. The van der Waals surface area contributed by atoms with E-state index >= 15 is 0 Å². The average molecular weight is 343 g/mol. The Morgan fingerprint density at radius 2 is 1.72 bits per heavy atom. The lowest BCUT2D eigenvalue weighted by molar-refractivity contribution is -0.142. The second kappa shape index (κ2) is 6.06. The van der Waals surface area contributed by atoms with Crippen molar-refractivity contribution in [3.05, 3.63) is 34.8 Å². The molecule has 1 saturated heterocycles. The van der Waals surface area contributed by atoms with Gasteiger partial charge in [0.2, 0.25) is 11.8 Å². The molecule has 7 heteroatoms. The molecule has 0 N–H and O–H groups in total. The highest BCUT2D eigenvalue weighted by molar-refractivity contribution is 5.84. The topological polar surface area (TPSA) is 75.8 Å². The average Bonchev–Trinajstić information content (AvgIpc) is 3.42. The number of aromatic nitrogens is 1. The van der Waals surface area contributed by atoms with Gasteiger partial charge in [-0.1, -0.05) is 12.1 Å². The van der Waals surface area contributed by atoms with Gasteiger partial charge in [-0.05, 0) is 31.9 Å². The van der Waals surface area contributed by atoms with Gasteiger partial charge in [0.1, 0.15) is 6.04 Å². The Morgan fingerprint density at radius 3 is 2.40 bits per heavy atom. The van der Waals surface area contributed by atoms with Gasteiger partial charge in [0.15, 0.2) is 5.58 Å². The zero-order valence-corrected chi connectivity index (χ0v) is 14.2. The summed E-state index contributed by atoms with van der Waals surface area (Å²) >= 11 is 0. The van der Waals surface area contributed by atoms with Gasteiger partial charge in [-0.3, -0.25) is 14.2 Å². The molecule has 1 aliphatic carbocycles. The molecule has 2 amide bonds. The minimum atomic E-state index is -0.637. The smallest absolute Gasteiger partial charge is 0.408 e. The molecular formula is C18H21N3O4. The predicted octanol–water partition coefficient (Wildman–Crippen LogP) is 1.24. The van der Waals surface area contributed by atoms with Crippen LogP contribution in [0.4, 0.5) is 0 Å². The summed E-state index contributed by atoms with van der Waals surface area (Å²) in [5.74, 6) is -0.217. The molecule has 1 atom stereocenters. The minimum absolute atomic E-state index is 0.118. The van der Waals surface area contributed by atoms with Crippen LogP contribution in [0.3, 0.4) is 0 Å². The first-order valence-corrected chi connectivity index (χ1v) is 8.74. The Labute approximate surface area is 144 Å². The summed E-state index contributed by atoms with van der Waals surface area (Å²) in [6.07, 6.45) is 1.98. The Balaban J connectivity index is 1.48. The van der Waals surface area contributed by atoms with Crippen LogP contribution in [0.25, 0.3) is 11.1 Å². The van der Waals surface area contributed by atoms with E-state index in [1.165, 1.54) is 4.57 Å². The Morgan fingerprint density at radius 1 is 1.08 bits per heavy atom. The zero-order valence-electron chi connectivity index (χ0n) is 14.2. The van der Waals surface area contributed by atoms with E-state index < -0.39 is 11.8 Å². The third kappa shape index (κ3) is 2.83. The summed E-state index contributed by atoms with van der Waals surface area (Å²) in [5, 5.41) is 0. The van der Waals surface area contributed by atoms with E-state index in [1.807, 2.05) is 11.0 Å². The fraction of sp³-hybridized carbons (Fsp3) is 0.500. The number of fused-ring (bicyclic) bond motifs is 1. The highest BCUT2D eigenvalue weighted by atomic mass is 16.4. The molecule has 132 valence electrons. The molecule has 1 aromatic carbocycles. The number of hydrogen-bond donors (Lipinski definition) is 0. The Bertz CT molecular complexity index is 872. The Hall–Kier alpha value is -2.57. The van der Waals surface area contributed by atoms with Gasteiger partial charge in [-0.25, -0.2) is 4.79 Å². The van der Waals surface area contributed by atoms with Crippen molar-refractivity contribution in [3.63, 3.8) is 0 Å². The van der Waals surface area contributed by atoms with Crippen LogP contribution in [0.15, 0.2) is 33.5 Å². The number of nitrogens with zero attached hydrogens (tertiary/aromatic N) is 3. The number of piperazine rings is 1. The largest absolute Gasteiger partial charge is 0.420 e. The molecule has 25 heavy (non-hydrogen) atoms. The summed E-state index contributed by atoms with van der Waals surface area (Å²) < 4.78 is 6.63. The molecule has 0 unspecified atom stereocenters. The molecule has 4 rings (SSSR count). The molecule has 2 fully saturated rings. The lowest BCUT2D eigenvalue weighted by atomic mass is 10.2. The van der Waals surface area contributed by atoms with E-state index in [0.717, 1.165) is 12.8 Å². The molecule has 0 radical (unpaired) electrons. The van der Waals surface area contributed by atoms with Crippen LogP contribution in [0.2, 0.25) is 0 Å². The fourth-order valence-corrected chi connectivity index (χ4v) is 3.46. The highest BCUT2D eigenvalue weighted by Gasteiger charge is 2.36. The van der Waals surface area contributed by atoms with Gasteiger partial charge in [0, 0.05) is 32.1 Å². The van der Waals surface area contributed by atoms with Crippen molar-refractivity contribution in [3.8, 4) is 0 Å². The van der Waals surface area contributed by atoms with E-state index in [2.05, 4.69) is 0 Å². The number of rotatable bonds is 3. The normalized spacial score (nSPS) is 19.2. The number of oxazole rings is 1. The maximum Gasteiger partial charge on any atom is 0.420 e. The van der Waals surface area contributed by atoms with Gasteiger partial charge in [0.05, 0.1) is 5.52 Å². The van der Waals surface area contributed by atoms with Crippen molar-refractivity contribution in [1.29, 1.82) is 0 Å². The predicted molar refractivity (Wildman–Crippen MR) is 91.1 cm³/mol. The van der Waals surface area contributed by atoms with E-state index in [9.17, 15) is 14.4 Å². The van der Waals surface area contributed by atoms with Crippen LogP contribution < -0.4 is 5.76 Å². The van der Waals surface area contributed by atoms with Crippen molar-refractivity contribution >= 4 is 22.9 Å². The first-order chi connectivity index (χ1) is 12.1. The number of carbonyl (C=O) groups excluding carboxylic acids is 2. The van der Waals surface area contributed by atoms with E-state index in [1.54, 1.807) is 30.0 Å². The number of carbonyl (C=O) groups is 2. The molecule has 2 heterocycles. The van der Waals surface area contributed by atoms with Crippen LogP contribution in [-0.2, 0) is 9.59 Å². The van der Waals surface area contributed by atoms with Crippen LogP contribution in [0.5, 0.6) is 0 Å². The third-order valence-corrected chi connectivity index (χ3v) is 5.09. The van der Waals surface area contributed by atoms with Crippen molar-refractivity contribution in [2.45, 2.75) is 25.8 Å². The van der Waals surface area contributed by atoms with Gasteiger partial charge >= 0.3 is 5.76 Å². The monoisotopic (exact) mass is 343 g/mol. The number of hydrogen-bond acceptors (Lipinski definition) is 4. The van der Waals surface area contributed by atoms with Crippen molar-refractivity contribution < 1.29 is 14.0 Å². The van der Waals surface area contributed by atoms with Gasteiger partial charge in [0.25, 0.3) is 0 Å². The standard InChI is InChI=1S/C18H21N3O4/c1-12(21-14-4-2-3-5-15(14)25-18(21)24)16(22)19-8-10-20(11-9-19)17(23)13-6-7-13/h2-5,12-13H,6-11H2,1H3/t12-/m0/s1. The third-order valence-electron chi connectivity index (χ3n) is 5.09. The summed E-state index contributed by atoms with van der Waals surface area (Å²) in [6.45, 7) is 3.86. The molecule has 2 aliphatic rings. The van der Waals surface area contributed by atoms with Gasteiger partial charge in [-0.15, -0.1) is 0 Å². The van der Waals surface area contributed by atoms with Crippen LogP contribution >= 0.6 is 0 Å². The molecule has 0 spiro atoms. The van der Waals surface area contributed by atoms with Gasteiger partial charge < -0.3 is 14.2 Å². The number of para-hydroxylation sites is 2. The first-order valence-electron chi connectivity index (χ1n) is 8.74. The summed E-state index contributed by atoms with van der Waals surface area (Å²) in [7, 11) is 0. The molecular weight excluding hydrogens is 322 g/mol. The van der Waals surface area contributed by atoms with Crippen LogP contribution in [0.1, 0.15) is 25.8 Å². The fourth-order valence-electron chi connectivity index (χ4n) is 3.46. The quantitative estimate of drug-likeness (QED) is 0.840. The highest BCUT2D eigenvalue weighted by Crippen LogP contribution is 2.31. The summed E-state index contributed by atoms with van der Waals surface area (Å²) in [5.41, 5.74) is 1.10. The molecule has 2 aromatic rings. The number of benzene rings is 1. The van der Waals surface area contributed by atoms with E-state index in [-0.39, 0.29) is 17.7 Å². The number of amides is 2. The zero-order chi connectivity index (χ0) is 17.6. The maximum absolute atomic E-state index is 12.8. The first kappa shape index (κ1) is 15.9. The van der Waals surface area contributed by atoms with E-state index in [4.69, 9.17) is 4.42 Å². The van der Waals surface area contributed by atoms with Crippen LogP contribution in [0, 0.1) is 5.92 Å². The lowest BCUT2D eigenvalue weighted by Gasteiger charge is -2.36. The second-order valence-corrected chi connectivity index (χ2v) is 6.81. The molecule has 1 aromatic heterocycles. The molecule has 1 aliphatic heterocycles.